The lowest BCUT2D eigenvalue weighted by molar-refractivity contribution is 0.0472. The van der Waals surface area contributed by atoms with E-state index in [9.17, 15) is 13.2 Å². The summed E-state index contributed by atoms with van der Waals surface area (Å²) in [5.41, 5.74) is 1.36. The van der Waals surface area contributed by atoms with E-state index >= 15 is 0 Å². The number of sulfonamides is 1. The van der Waals surface area contributed by atoms with Crippen molar-refractivity contribution in [1.82, 2.24) is 0 Å². The van der Waals surface area contributed by atoms with E-state index in [1.807, 2.05) is 48.5 Å². The molecule has 1 heterocycles. The number of carbonyl (C=O) groups excluding carboxylic acids is 1. The smallest absolute Gasteiger partial charge is 0.338 e. The molecule has 1 aliphatic heterocycles. The van der Waals surface area contributed by atoms with Crippen molar-refractivity contribution in [2.24, 2.45) is 0 Å². The maximum absolute atomic E-state index is 12.8. The van der Waals surface area contributed by atoms with Crippen LogP contribution in [0.4, 0.5) is 5.69 Å². The molecule has 0 aromatic heterocycles. The summed E-state index contributed by atoms with van der Waals surface area (Å²) in [7, 11) is -3.87. The van der Waals surface area contributed by atoms with E-state index < -0.39 is 16.0 Å². The lowest BCUT2D eigenvalue weighted by Crippen LogP contribution is -2.17. The number of carbonyl (C=O) groups is 1. The molecule has 8 nitrogen and oxygen atoms in total. The van der Waals surface area contributed by atoms with Crippen molar-refractivity contribution >= 4 is 21.7 Å². The number of anilines is 1. The van der Waals surface area contributed by atoms with E-state index in [-0.39, 0.29) is 11.5 Å². The minimum atomic E-state index is -3.87. The van der Waals surface area contributed by atoms with Crippen molar-refractivity contribution in [1.29, 1.82) is 0 Å². The zero-order valence-electron chi connectivity index (χ0n) is 19.6. The van der Waals surface area contributed by atoms with Gasteiger partial charge in [0.25, 0.3) is 10.0 Å². The van der Waals surface area contributed by atoms with Crippen LogP contribution in [0.25, 0.3) is 0 Å². The number of fused-ring (bicyclic) bond motifs is 1. The van der Waals surface area contributed by atoms with Gasteiger partial charge in [0.2, 0.25) is 0 Å². The van der Waals surface area contributed by atoms with E-state index in [2.05, 4.69) is 4.72 Å². The third-order valence-corrected chi connectivity index (χ3v) is 6.82. The Morgan fingerprint density at radius 1 is 0.784 bits per heavy atom. The first-order chi connectivity index (χ1) is 18.0. The number of esters is 1. The van der Waals surface area contributed by atoms with Crippen LogP contribution in [0.2, 0.25) is 0 Å². The van der Waals surface area contributed by atoms with Crippen LogP contribution in [0.5, 0.6) is 23.0 Å². The maximum atomic E-state index is 12.8. The monoisotopic (exact) mass is 517 g/mol. The number of nitrogens with one attached hydrogen (secondary N) is 1. The summed E-state index contributed by atoms with van der Waals surface area (Å²) in [5, 5.41) is 0. The maximum Gasteiger partial charge on any atom is 0.338 e. The van der Waals surface area contributed by atoms with Gasteiger partial charge in [0, 0.05) is 11.8 Å². The third kappa shape index (κ3) is 6.02. The zero-order chi connectivity index (χ0) is 25.7. The van der Waals surface area contributed by atoms with E-state index in [1.54, 1.807) is 12.1 Å². The second kappa shape index (κ2) is 10.6. The third-order valence-electron chi connectivity index (χ3n) is 5.44. The summed E-state index contributed by atoms with van der Waals surface area (Å²) in [6.45, 7) is 0.832. The van der Waals surface area contributed by atoms with Gasteiger partial charge in [0.1, 0.15) is 31.3 Å². The topological polar surface area (TPSA) is 100 Å². The van der Waals surface area contributed by atoms with Gasteiger partial charge in [-0.05, 0) is 66.2 Å². The molecule has 0 saturated heterocycles. The molecule has 0 fully saturated rings. The lowest BCUT2D eigenvalue weighted by Gasteiger charge is -2.19. The molecule has 5 rings (SSSR count). The fraction of sp³-hybridized carbons (Fsp3) is 0.107. The molecule has 4 aromatic carbocycles. The number of hydrogen-bond acceptors (Lipinski definition) is 7. The quantitative estimate of drug-likeness (QED) is 0.312. The second-order valence-corrected chi connectivity index (χ2v) is 9.81. The first-order valence-corrected chi connectivity index (χ1v) is 13.0. The molecule has 4 aromatic rings. The van der Waals surface area contributed by atoms with Crippen LogP contribution >= 0.6 is 0 Å². The number of ether oxygens (including phenoxy) is 4. The van der Waals surface area contributed by atoms with Crippen molar-refractivity contribution in [2.45, 2.75) is 11.5 Å². The zero-order valence-corrected chi connectivity index (χ0v) is 20.4. The van der Waals surface area contributed by atoms with Crippen LogP contribution in [0, 0.1) is 0 Å². The molecule has 1 aliphatic rings. The molecule has 0 atom stereocenters. The molecule has 188 valence electrons. The Hall–Kier alpha value is -4.50. The number of para-hydroxylation sites is 1. The van der Waals surface area contributed by atoms with Gasteiger partial charge < -0.3 is 18.9 Å². The van der Waals surface area contributed by atoms with Gasteiger partial charge in [-0.3, -0.25) is 4.72 Å². The lowest BCUT2D eigenvalue weighted by atomic mass is 10.2. The molecule has 9 heteroatoms. The van der Waals surface area contributed by atoms with Crippen LogP contribution in [-0.2, 0) is 21.4 Å². The van der Waals surface area contributed by atoms with Gasteiger partial charge in [0.15, 0.2) is 11.5 Å². The Kier molecular flexibility index (Phi) is 6.96. The molecule has 0 unspecified atom stereocenters. The largest absolute Gasteiger partial charge is 0.486 e. The molecule has 0 amide bonds. The van der Waals surface area contributed by atoms with E-state index in [0.717, 1.165) is 5.56 Å². The summed E-state index contributed by atoms with van der Waals surface area (Å²) in [5.74, 6) is 1.69. The molecule has 0 aliphatic carbocycles. The Balaban J connectivity index is 1.19. The van der Waals surface area contributed by atoms with Gasteiger partial charge in [-0.2, -0.15) is 0 Å². The van der Waals surface area contributed by atoms with Gasteiger partial charge in [-0.1, -0.05) is 30.3 Å². The number of benzene rings is 4. The van der Waals surface area contributed by atoms with Crippen LogP contribution < -0.4 is 18.9 Å². The summed E-state index contributed by atoms with van der Waals surface area (Å²) < 4.78 is 50.2. The summed E-state index contributed by atoms with van der Waals surface area (Å²) >= 11 is 0. The highest BCUT2D eigenvalue weighted by molar-refractivity contribution is 7.92. The van der Waals surface area contributed by atoms with Gasteiger partial charge in [-0.25, -0.2) is 13.2 Å². The fourth-order valence-electron chi connectivity index (χ4n) is 3.63. The second-order valence-electron chi connectivity index (χ2n) is 8.13. The molecule has 37 heavy (non-hydrogen) atoms. The SMILES string of the molecule is O=C(OCc1cccc(Oc2ccccc2)c1)c1ccc(NS(=O)(=O)c2ccc3c(c2)OCCO3)cc1. The van der Waals surface area contributed by atoms with Crippen molar-refractivity contribution in [2.75, 3.05) is 17.9 Å². The molecule has 1 N–H and O–H groups in total. The Bertz CT molecular complexity index is 1500. The first-order valence-electron chi connectivity index (χ1n) is 11.5. The number of rotatable bonds is 8. The average Bonchev–Trinajstić information content (AvgIpc) is 2.92. The Labute approximate surface area is 214 Å². The first kappa shape index (κ1) is 24.2. The molecule has 0 saturated carbocycles. The van der Waals surface area contributed by atoms with E-state index in [4.69, 9.17) is 18.9 Å². The molecule has 0 radical (unpaired) electrons. The van der Waals surface area contributed by atoms with Crippen molar-refractivity contribution in [3.8, 4) is 23.0 Å². The van der Waals surface area contributed by atoms with Crippen molar-refractivity contribution < 1.29 is 32.2 Å². The molecular weight excluding hydrogens is 494 g/mol. The normalized spacial score (nSPS) is 12.4. The summed E-state index contributed by atoms with van der Waals surface area (Å²) in [4.78, 5) is 12.6. The molecular formula is C28H23NO7S. The average molecular weight is 518 g/mol. The van der Waals surface area contributed by atoms with Crippen molar-refractivity contribution in [3.05, 3.63) is 108 Å². The highest BCUT2D eigenvalue weighted by Gasteiger charge is 2.20. The van der Waals surface area contributed by atoms with E-state index in [1.165, 1.54) is 36.4 Å². The minimum Gasteiger partial charge on any atom is -0.486 e. The highest BCUT2D eigenvalue weighted by atomic mass is 32.2. The van der Waals surface area contributed by atoms with Gasteiger partial charge in [-0.15, -0.1) is 0 Å². The minimum absolute atomic E-state index is 0.0405. The Morgan fingerprint density at radius 3 is 2.30 bits per heavy atom. The summed E-state index contributed by atoms with van der Waals surface area (Å²) in [6.07, 6.45) is 0. The fourth-order valence-corrected chi connectivity index (χ4v) is 4.71. The van der Waals surface area contributed by atoms with Gasteiger partial charge in [0.05, 0.1) is 10.5 Å². The molecule has 0 bridgehead atoms. The Morgan fingerprint density at radius 2 is 1.51 bits per heavy atom. The molecule has 0 spiro atoms. The van der Waals surface area contributed by atoms with Crippen LogP contribution in [0.15, 0.2) is 102 Å². The van der Waals surface area contributed by atoms with Crippen LogP contribution in [-0.4, -0.2) is 27.6 Å². The summed E-state index contributed by atoms with van der Waals surface area (Å²) in [6, 6.07) is 27.1. The predicted molar refractivity (Wildman–Crippen MR) is 137 cm³/mol. The highest BCUT2D eigenvalue weighted by Crippen LogP contribution is 2.32. The van der Waals surface area contributed by atoms with Gasteiger partial charge >= 0.3 is 5.97 Å². The van der Waals surface area contributed by atoms with Crippen molar-refractivity contribution in [3.63, 3.8) is 0 Å². The number of hydrogen-bond donors (Lipinski definition) is 1. The van der Waals surface area contributed by atoms with Crippen LogP contribution in [0.3, 0.4) is 0 Å². The predicted octanol–water partition coefficient (Wildman–Crippen LogP) is 5.41. The van der Waals surface area contributed by atoms with Crippen LogP contribution in [0.1, 0.15) is 15.9 Å². The van der Waals surface area contributed by atoms with E-state index in [0.29, 0.717) is 47.5 Å². The standard InChI is InChI=1S/C28H23NO7S/c30-28(35-19-20-5-4-8-24(17-20)36-23-6-2-1-3-7-23)21-9-11-22(12-10-21)29-37(31,32)25-13-14-26-27(18-25)34-16-15-33-26/h1-14,17-18,29H,15-16,19H2.